The number of nitrogens with one attached hydrogen (secondary N) is 1. The summed E-state index contributed by atoms with van der Waals surface area (Å²) < 4.78 is 0. The Morgan fingerprint density at radius 1 is 1.36 bits per heavy atom. The van der Waals surface area contributed by atoms with Crippen molar-refractivity contribution in [2.75, 3.05) is 0 Å². The molecule has 1 N–H and O–H groups in total. The fraction of sp³-hybridized carbons (Fsp3) is 0.889. The van der Waals surface area contributed by atoms with Gasteiger partial charge in [-0.1, -0.05) is 13.8 Å². The first-order chi connectivity index (χ1) is 5.14. The van der Waals surface area contributed by atoms with Gasteiger partial charge in [-0.25, -0.2) is 10.4 Å². The topological polar surface area (TPSA) is 36.2 Å². The van der Waals surface area contributed by atoms with Crippen LogP contribution in [0.5, 0.6) is 0 Å². The van der Waals surface area contributed by atoms with Gasteiger partial charge < -0.3 is 0 Å². The van der Waals surface area contributed by atoms with Gasteiger partial charge in [-0.3, -0.25) is 0 Å². The molecule has 1 aliphatic carbocycles. The van der Waals surface area contributed by atoms with E-state index in [-0.39, 0.29) is 0 Å². The SMILES string of the molecule is CC1(C)CCC(N=C=N)CC1. The molecule has 0 atom stereocenters. The summed E-state index contributed by atoms with van der Waals surface area (Å²) in [6.45, 7) is 4.61. The quantitative estimate of drug-likeness (QED) is 0.561. The van der Waals surface area contributed by atoms with Crippen molar-refractivity contribution in [1.82, 2.24) is 0 Å². The maximum atomic E-state index is 6.72. The molecule has 1 rings (SSSR count). The van der Waals surface area contributed by atoms with E-state index < -0.39 is 0 Å². The van der Waals surface area contributed by atoms with Crippen LogP contribution in [0, 0.1) is 10.8 Å². The maximum Gasteiger partial charge on any atom is 0.0864 e. The van der Waals surface area contributed by atoms with Crippen LogP contribution in [-0.4, -0.2) is 12.1 Å². The average molecular weight is 152 g/mol. The number of nitrogens with zero attached hydrogens (tertiary/aromatic N) is 1. The zero-order valence-electron chi connectivity index (χ0n) is 7.35. The maximum absolute atomic E-state index is 6.72. The Hall–Kier alpha value is -0.620. The monoisotopic (exact) mass is 152 g/mol. The van der Waals surface area contributed by atoms with E-state index in [1.165, 1.54) is 12.8 Å². The number of hydrogen-bond donors (Lipinski definition) is 1. The van der Waals surface area contributed by atoms with E-state index in [2.05, 4.69) is 24.8 Å². The second-order valence-corrected chi connectivity index (χ2v) is 4.14. The molecular formula is C9H16N2. The molecule has 0 saturated heterocycles. The normalized spacial score (nSPS) is 24.2. The van der Waals surface area contributed by atoms with Gasteiger partial charge in [0.15, 0.2) is 0 Å². The molecule has 0 bridgehead atoms. The Labute approximate surface area is 68.2 Å². The summed E-state index contributed by atoms with van der Waals surface area (Å²) in [5.41, 5.74) is 0.508. The molecule has 1 fully saturated rings. The fourth-order valence-corrected chi connectivity index (χ4v) is 1.60. The van der Waals surface area contributed by atoms with E-state index in [4.69, 9.17) is 5.41 Å². The molecule has 0 radical (unpaired) electrons. The van der Waals surface area contributed by atoms with Crippen LogP contribution >= 0.6 is 0 Å². The molecule has 0 spiro atoms. The van der Waals surface area contributed by atoms with Crippen molar-refractivity contribution >= 4 is 6.01 Å². The summed E-state index contributed by atoms with van der Waals surface area (Å²) in [7, 11) is 0. The Bertz CT molecular complexity index is 168. The highest BCUT2D eigenvalue weighted by molar-refractivity contribution is 5.36. The van der Waals surface area contributed by atoms with E-state index in [1.807, 2.05) is 0 Å². The van der Waals surface area contributed by atoms with Gasteiger partial charge in [-0.15, -0.1) is 0 Å². The van der Waals surface area contributed by atoms with Gasteiger partial charge in [0.25, 0.3) is 0 Å². The van der Waals surface area contributed by atoms with Crippen molar-refractivity contribution in [2.45, 2.75) is 45.6 Å². The highest BCUT2D eigenvalue weighted by atomic mass is 14.8. The van der Waals surface area contributed by atoms with Gasteiger partial charge >= 0.3 is 0 Å². The summed E-state index contributed by atoms with van der Waals surface area (Å²) in [5.74, 6) is 0. The molecular weight excluding hydrogens is 136 g/mol. The Morgan fingerprint density at radius 2 is 1.91 bits per heavy atom. The number of aliphatic imine (C=N–C) groups is 1. The molecule has 2 nitrogen and oxygen atoms in total. The van der Waals surface area contributed by atoms with E-state index in [0.717, 1.165) is 12.8 Å². The summed E-state index contributed by atoms with van der Waals surface area (Å²) in [6, 6.07) is 2.53. The first-order valence-electron chi connectivity index (χ1n) is 4.26. The van der Waals surface area contributed by atoms with Gasteiger partial charge in [-0.05, 0) is 31.1 Å². The van der Waals surface area contributed by atoms with E-state index >= 15 is 0 Å². The number of rotatable bonds is 1. The van der Waals surface area contributed by atoms with Crippen molar-refractivity contribution in [3.63, 3.8) is 0 Å². The van der Waals surface area contributed by atoms with Crippen molar-refractivity contribution in [3.05, 3.63) is 0 Å². The lowest BCUT2D eigenvalue weighted by Gasteiger charge is -2.31. The lowest BCUT2D eigenvalue weighted by atomic mass is 9.76. The van der Waals surface area contributed by atoms with E-state index in [0.29, 0.717) is 11.5 Å². The molecule has 0 unspecified atom stereocenters. The minimum absolute atomic E-state index is 0.389. The minimum Gasteiger partial charge on any atom is -0.242 e. The largest absolute Gasteiger partial charge is 0.242 e. The Balaban J connectivity index is 2.42. The highest BCUT2D eigenvalue weighted by Gasteiger charge is 2.26. The predicted octanol–water partition coefficient (Wildman–Crippen LogP) is 2.71. The molecule has 11 heavy (non-hydrogen) atoms. The van der Waals surface area contributed by atoms with Crippen LogP contribution in [0.15, 0.2) is 4.99 Å². The van der Waals surface area contributed by atoms with Gasteiger partial charge in [0, 0.05) is 0 Å². The average Bonchev–Trinajstić information content (AvgIpc) is 1.94. The standard InChI is InChI=1S/C9H16N2/c1-9(2)5-3-8(4-6-9)11-7-10/h8,10H,3-6H2,1-2H3. The summed E-state index contributed by atoms with van der Waals surface area (Å²) in [6.07, 6.45) is 4.75. The summed E-state index contributed by atoms with van der Waals surface area (Å²) >= 11 is 0. The lowest BCUT2D eigenvalue weighted by molar-refractivity contribution is 0.226. The fourth-order valence-electron chi connectivity index (χ4n) is 1.60. The second kappa shape index (κ2) is 3.19. The summed E-state index contributed by atoms with van der Waals surface area (Å²) in [5, 5.41) is 6.72. The van der Waals surface area contributed by atoms with Gasteiger partial charge in [0.1, 0.15) is 0 Å². The van der Waals surface area contributed by atoms with Crippen molar-refractivity contribution < 1.29 is 0 Å². The van der Waals surface area contributed by atoms with Crippen LogP contribution in [-0.2, 0) is 0 Å². The molecule has 62 valence electrons. The van der Waals surface area contributed by atoms with E-state index in [9.17, 15) is 0 Å². The molecule has 0 aromatic carbocycles. The third kappa shape index (κ3) is 2.47. The molecule has 0 heterocycles. The third-order valence-electron chi connectivity index (χ3n) is 2.56. The molecule has 1 saturated carbocycles. The Morgan fingerprint density at radius 3 is 2.36 bits per heavy atom. The third-order valence-corrected chi connectivity index (χ3v) is 2.56. The predicted molar refractivity (Wildman–Crippen MR) is 46.2 cm³/mol. The van der Waals surface area contributed by atoms with Crippen molar-refractivity contribution in [3.8, 4) is 0 Å². The van der Waals surface area contributed by atoms with Gasteiger partial charge in [-0.2, -0.15) is 0 Å². The van der Waals surface area contributed by atoms with Crippen molar-refractivity contribution in [1.29, 1.82) is 5.41 Å². The molecule has 0 aliphatic heterocycles. The van der Waals surface area contributed by atoms with Crippen LogP contribution in [0.25, 0.3) is 0 Å². The van der Waals surface area contributed by atoms with Crippen LogP contribution in [0.4, 0.5) is 0 Å². The minimum atomic E-state index is 0.389. The molecule has 0 amide bonds. The van der Waals surface area contributed by atoms with Gasteiger partial charge in [0.05, 0.1) is 12.1 Å². The van der Waals surface area contributed by atoms with Crippen LogP contribution < -0.4 is 0 Å². The molecule has 1 aliphatic rings. The van der Waals surface area contributed by atoms with Crippen LogP contribution in [0.3, 0.4) is 0 Å². The lowest BCUT2D eigenvalue weighted by Crippen LogP contribution is -2.23. The second-order valence-electron chi connectivity index (χ2n) is 4.14. The van der Waals surface area contributed by atoms with Gasteiger partial charge in [0.2, 0.25) is 0 Å². The van der Waals surface area contributed by atoms with Crippen LogP contribution in [0.2, 0.25) is 0 Å². The molecule has 0 aromatic heterocycles. The highest BCUT2D eigenvalue weighted by Crippen LogP contribution is 2.35. The molecule has 2 heteroatoms. The number of hydrogen-bond acceptors (Lipinski definition) is 2. The smallest absolute Gasteiger partial charge is 0.0864 e. The molecule has 0 aromatic rings. The zero-order valence-corrected chi connectivity index (χ0v) is 7.35. The van der Waals surface area contributed by atoms with E-state index in [1.54, 1.807) is 0 Å². The summed E-state index contributed by atoms with van der Waals surface area (Å²) in [4.78, 5) is 3.97. The first-order valence-corrected chi connectivity index (χ1v) is 4.26. The Kier molecular flexibility index (Phi) is 2.45. The first kappa shape index (κ1) is 8.48. The zero-order chi connectivity index (χ0) is 8.32. The van der Waals surface area contributed by atoms with Crippen LogP contribution in [0.1, 0.15) is 39.5 Å². The van der Waals surface area contributed by atoms with Crippen molar-refractivity contribution in [2.24, 2.45) is 10.4 Å².